The monoisotopic (exact) mass is 347 g/mol. The molecule has 132 valence electrons. The van der Waals surface area contributed by atoms with Crippen LogP contribution in [0.15, 0.2) is 54.6 Å². The van der Waals surface area contributed by atoms with Crippen LogP contribution < -0.4 is 5.32 Å². The Balaban J connectivity index is 2.12. The van der Waals surface area contributed by atoms with E-state index in [9.17, 15) is 18.0 Å². The van der Waals surface area contributed by atoms with Crippen LogP contribution in [-0.4, -0.2) is 5.91 Å². The normalized spacial score (nSPS) is 11.7. The molecule has 0 unspecified atom stereocenters. The second-order valence-corrected chi connectivity index (χ2v) is 5.66. The predicted molar refractivity (Wildman–Crippen MR) is 94.4 cm³/mol. The number of nitrogens with one attached hydrogen (secondary N) is 1. The van der Waals surface area contributed by atoms with Crippen molar-refractivity contribution in [1.82, 2.24) is 0 Å². The number of anilines is 1. The average Bonchev–Trinajstić information content (AvgIpc) is 2.59. The van der Waals surface area contributed by atoms with Gasteiger partial charge in [-0.15, -0.1) is 0 Å². The molecule has 2 aromatic carbocycles. The first kappa shape index (κ1) is 18.8. The van der Waals surface area contributed by atoms with Crippen molar-refractivity contribution in [1.29, 1.82) is 0 Å². The van der Waals surface area contributed by atoms with Crippen molar-refractivity contribution in [3.63, 3.8) is 0 Å². The predicted octanol–water partition coefficient (Wildman–Crippen LogP) is 6.16. The molecule has 0 aromatic heterocycles. The van der Waals surface area contributed by atoms with Gasteiger partial charge in [0, 0.05) is 11.3 Å². The van der Waals surface area contributed by atoms with Gasteiger partial charge >= 0.3 is 6.18 Å². The summed E-state index contributed by atoms with van der Waals surface area (Å²) < 4.78 is 37.7. The van der Waals surface area contributed by atoms with Gasteiger partial charge in [-0.1, -0.05) is 50.1 Å². The van der Waals surface area contributed by atoms with Gasteiger partial charge in [0.2, 0.25) is 0 Å². The summed E-state index contributed by atoms with van der Waals surface area (Å²) in [5, 5.41) is 2.64. The van der Waals surface area contributed by atoms with Crippen molar-refractivity contribution in [3.05, 3.63) is 71.3 Å². The van der Waals surface area contributed by atoms with E-state index in [1.807, 2.05) is 24.3 Å². The Labute approximate surface area is 145 Å². The number of allylic oxidation sites excluding steroid dienone is 1. The van der Waals surface area contributed by atoms with E-state index in [1.54, 1.807) is 12.1 Å². The van der Waals surface area contributed by atoms with Crippen molar-refractivity contribution in [2.75, 3.05) is 5.32 Å². The lowest BCUT2D eigenvalue weighted by Crippen LogP contribution is -2.13. The lowest BCUT2D eigenvalue weighted by Gasteiger charge is -2.10. The summed E-state index contributed by atoms with van der Waals surface area (Å²) in [6.07, 6.45) is 2.64. The third-order valence-corrected chi connectivity index (χ3v) is 3.70. The molecule has 0 atom stereocenters. The number of hydrogen-bond acceptors (Lipinski definition) is 1. The Morgan fingerprint density at radius 2 is 1.76 bits per heavy atom. The van der Waals surface area contributed by atoms with Crippen molar-refractivity contribution in [2.45, 2.75) is 32.4 Å². The maximum absolute atomic E-state index is 12.6. The van der Waals surface area contributed by atoms with Gasteiger partial charge in [-0.2, -0.15) is 13.2 Å². The molecular formula is C20H20F3NO. The number of hydrogen-bond donors (Lipinski definition) is 1. The molecule has 0 aliphatic heterocycles. The van der Waals surface area contributed by atoms with Gasteiger partial charge in [0.25, 0.3) is 5.91 Å². The van der Waals surface area contributed by atoms with E-state index in [4.69, 9.17) is 0 Å². The lowest BCUT2D eigenvalue weighted by molar-refractivity contribution is -0.137. The van der Waals surface area contributed by atoms with Crippen LogP contribution in [0.2, 0.25) is 0 Å². The van der Waals surface area contributed by atoms with Crippen LogP contribution in [0.4, 0.5) is 18.9 Å². The molecule has 0 spiro atoms. The standard InChI is InChI=1S/C20H20F3NO/c1-2-3-4-5-8-15-9-6-7-10-18(15)19(25)24-17-13-11-16(12-14-17)20(21,22)23/h5-14H,2-4H2,1H3,(H,24,25). The Bertz CT molecular complexity index is 733. The molecule has 0 bridgehead atoms. The number of rotatable bonds is 6. The number of carbonyl (C=O) groups is 1. The van der Waals surface area contributed by atoms with Crippen molar-refractivity contribution in [3.8, 4) is 0 Å². The zero-order valence-corrected chi connectivity index (χ0v) is 13.9. The number of alkyl halides is 3. The summed E-state index contributed by atoms with van der Waals surface area (Å²) in [5.41, 5.74) is 0.839. The fourth-order valence-corrected chi connectivity index (χ4v) is 2.32. The fraction of sp³-hybridized carbons (Fsp3) is 0.250. The van der Waals surface area contributed by atoms with Gasteiger partial charge in [0.15, 0.2) is 0 Å². The Morgan fingerprint density at radius 3 is 2.40 bits per heavy atom. The van der Waals surface area contributed by atoms with Crippen LogP contribution in [0.5, 0.6) is 0 Å². The molecule has 0 radical (unpaired) electrons. The number of halogens is 3. The lowest BCUT2D eigenvalue weighted by atomic mass is 10.1. The molecule has 0 saturated heterocycles. The summed E-state index contributed by atoms with van der Waals surface area (Å²) >= 11 is 0. The number of unbranched alkanes of at least 4 members (excludes halogenated alkanes) is 2. The SMILES string of the molecule is CCCCC=Cc1ccccc1C(=O)Nc1ccc(C(F)(F)F)cc1. The molecule has 2 nitrogen and oxygen atoms in total. The highest BCUT2D eigenvalue weighted by Crippen LogP contribution is 2.30. The number of benzene rings is 2. The molecule has 0 aliphatic carbocycles. The first-order valence-corrected chi connectivity index (χ1v) is 8.16. The quantitative estimate of drug-likeness (QED) is 0.623. The first-order chi connectivity index (χ1) is 11.9. The van der Waals surface area contributed by atoms with Crippen LogP contribution in [0.25, 0.3) is 6.08 Å². The summed E-state index contributed by atoms with van der Waals surface area (Å²) in [4.78, 5) is 12.4. The summed E-state index contributed by atoms with van der Waals surface area (Å²) in [6.45, 7) is 2.11. The second-order valence-electron chi connectivity index (χ2n) is 5.66. The van der Waals surface area contributed by atoms with Crippen LogP contribution in [0, 0.1) is 0 Å². The Hall–Kier alpha value is -2.56. The number of amides is 1. The highest BCUT2D eigenvalue weighted by atomic mass is 19.4. The maximum Gasteiger partial charge on any atom is 0.416 e. The van der Waals surface area contributed by atoms with Crippen LogP contribution in [-0.2, 0) is 6.18 Å². The Morgan fingerprint density at radius 1 is 1.08 bits per heavy atom. The minimum Gasteiger partial charge on any atom is -0.322 e. The van der Waals surface area contributed by atoms with E-state index in [1.165, 1.54) is 12.1 Å². The van der Waals surface area contributed by atoms with Gasteiger partial charge in [-0.3, -0.25) is 4.79 Å². The highest BCUT2D eigenvalue weighted by molar-refractivity contribution is 6.06. The average molecular weight is 347 g/mol. The smallest absolute Gasteiger partial charge is 0.322 e. The van der Waals surface area contributed by atoms with Crippen molar-refractivity contribution in [2.24, 2.45) is 0 Å². The largest absolute Gasteiger partial charge is 0.416 e. The molecule has 0 saturated carbocycles. The summed E-state index contributed by atoms with van der Waals surface area (Å²) in [6, 6.07) is 11.5. The first-order valence-electron chi connectivity index (χ1n) is 8.16. The molecule has 0 heterocycles. The number of carbonyl (C=O) groups excluding carboxylic acids is 1. The molecular weight excluding hydrogens is 327 g/mol. The molecule has 2 rings (SSSR count). The fourth-order valence-electron chi connectivity index (χ4n) is 2.32. The highest BCUT2D eigenvalue weighted by Gasteiger charge is 2.30. The topological polar surface area (TPSA) is 29.1 Å². The minimum absolute atomic E-state index is 0.322. The zero-order valence-electron chi connectivity index (χ0n) is 13.9. The van der Waals surface area contributed by atoms with Gasteiger partial charge in [0.05, 0.1) is 5.56 Å². The van der Waals surface area contributed by atoms with Gasteiger partial charge in [-0.05, 0) is 42.3 Å². The Kier molecular flexibility index (Phi) is 6.39. The van der Waals surface area contributed by atoms with E-state index in [2.05, 4.69) is 12.2 Å². The van der Waals surface area contributed by atoms with E-state index in [0.29, 0.717) is 11.3 Å². The molecule has 5 heteroatoms. The van der Waals surface area contributed by atoms with Crippen LogP contribution in [0.1, 0.15) is 47.7 Å². The van der Waals surface area contributed by atoms with Gasteiger partial charge in [0.1, 0.15) is 0 Å². The van der Waals surface area contributed by atoms with E-state index >= 15 is 0 Å². The molecule has 2 aromatic rings. The molecule has 1 amide bonds. The third-order valence-electron chi connectivity index (χ3n) is 3.70. The molecule has 0 fully saturated rings. The second kappa shape index (κ2) is 8.51. The van der Waals surface area contributed by atoms with Crippen LogP contribution >= 0.6 is 0 Å². The summed E-state index contributed by atoms with van der Waals surface area (Å²) in [7, 11) is 0. The molecule has 0 aliphatic rings. The van der Waals surface area contributed by atoms with Crippen molar-refractivity contribution >= 4 is 17.7 Å². The minimum atomic E-state index is -4.39. The van der Waals surface area contributed by atoms with Gasteiger partial charge < -0.3 is 5.32 Å². The zero-order chi connectivity index (χ0) is 18.3. The molecule has 1 N–H and O–H groups in total. The molecule has 25 heavy (non-hydrogen) atoms. The van der Waals surface area contributed by atoms with Gasteiger partial charge in [-0.25, -0.2) is 0 Å². The van der Waals surface area contributed by atoms with E-state index < -0.39 is 11.7 Å². The third kappa shape index (κ3) is 5.48. The summed E-state index contributed by atoms with van der Waals surface area (Å²) in [5.74, 6) is -0.351. The van der Waals surface area contributed by atoms with Crippen molar-refractivity contribution < 1.29 is 18.0 Å². The van der Waals surface area contributed by atoms with E-state index in [-0.39, 0.29) is 5.91 Å². The van der Waals surface area contributed by atoms with E-state index in [0.717, 1.165) is 37.0 Å². The van der Waals surface area contributed by atoms with Crippen LogP contribution in [0.3, 0.4) is 0 Å². The maximum atomic E-state index is 12.6.